The molecule has 2 nitrogen and oxygen atoms in total. The molecule has 0 saturated carbocycles. The van der Waals surface area contributed by atoms with Crippen LogP contribution in [-0.2, 0) is 28.2 Å². The van der Waals surface area contributed by atoms with E-state index in [-0.39, 0.29) is 28.2 Å². The Labute approximate surface area is 151 Å². The molecule has 0 fully saturated rings. The summed E-state index contributed by atoms with van der Waals surface area (Å²) in [5.74, 6) is 0.690. The van der Waals surface area contributed by atoms with Gasteiger partial charge in [0.25, 0.3) is 0 Å². The molecular formula is C20H28CrO2. The van der Waals surface area contributed by atoms with Crippen LogP contribution in [0.2, 0.25) is 0 Å². The second kappa shape index (κ2) is 8.43. The van der Waals surface area contributed by atoms with Crippen LogP contribution in [0.15, 0.2) is 48.5 Å². The average Bonchev–Trinajstić information content (AvgIpc) is 2.37. The number of rotatable bonds is 0. The Bertz CT molecular complexity index is 552. The first-order chi connectivity index (χ1) is 10.00. The SMILES string of the molecule is CC(C)(C)c1cccc(O)c1.CC(C)(C)c1cccc(O)c1.[Cr]. The molecule has 0 spiro atoms. The first-order valence-electron chi connectivity index (χ1n) is 7.59. The van der Waals surface area contributed by atoms with Gasteiger partial charge in [-0.15, -0.1) is 0 Å². The Hall–Kier alpha value is -1.43. The topological polar surface area (TPSA) is 40.5 Å². The van der Waals surface area contributed by atoms with Crippen LogP contribution in [0.25, 0.3) is 0 Å². The van der Waals surface area contributed by atoms with Crippen molar-refractivity contribution in [3.05, 3.63) is 59.7 Å². The van der Waals surface area contributed by atoms with Gasteiger partial charge >= 0.3 is 0 Å². The van der Waals surface area contributed by atoms with Crippen molar-refractivity contribution in [2.45, 2.75) is 52.4 Å². The monoisotopic (exact) mass is 352 g/mol. The van der Waals surface area contributed by atoms with E-state index in [0.717, 1.165) is 11.1 Å². The summed E-state index contributed by atoms with van der Waals surface area (Å²) in [6.07, 6.45) is 0. The van der Waals surface area contributed by atoms with Crippen molar-refractivity contribution in [2.24, 2.45) is 0 Å². The fourth-order valence-corrected chi connectivity index (χ4v) is 1.94. The minimum absolute atomic E-state index is 0. The van der Waals surface area contributed by atoms with Crippen LogP contribution in [0, 0.1) is 0 Å². The average molecular weight is 352 g/mol. The van der Waals surface area contributed by atoms with E-state index in [0.29, 0.717) is 11.5 Å². The summed E-state index contributed by atoms with van der Waals surface area (Å²) in [6.45, 7) is 12.8. The molecule has 2 rings (SSSR count). The van der Waals surface area contributed by atoms with Crippen molar-refractivity contribution in [3.63, 3.8) is 0 Å². The number of phenols is 2. The summed E-state index contributed by atoms with van der Waals surface area (Å²) in [5.41, 5.74) is 2.58. The summed E-state index contributed by atoms with van der Waals surface area (Å²) in [4.78, 5) is 0. The molecule has 2 aromatic rings. The third kappa shape index (κ3) is 7.59. The standard InChI is InChI=1S/2C10H14O.Cr/c2*1-10(2,3)8-5-4-6-9(11)7-8;/h2*4-7,11H,1-3H3;. The predicted molar refractivity (Wildman–Crippen MR) is 93.6 cm³/mol. The molecule has 0 unspecified atom stereocenters. The van der Waals surface area contributed by atoms with Gasteiger partial charge in [-0.05, 0) is 46.2 Å². The molecule has 2 N–H and O–H groups in total. The first-order valence-corrected chi connectivity index (χ1v) is 7.59. The minimum atomic E-state index is 0. The third-order valence-electron chi connectivity index (χ3n) is 3.42. The van der Waals surface area contributed by atoms with E-state index in [1.165, 1.54) is 0 Å². The van der Waals surface area contributed by atoms with Crippen molar-refractivity contribution < 1.29 is 27.6 Å². The van der Waals surface area contributed by atoms with E-state index in [2.05, 4.69) is 41.5 Å². The normalized spacial score (nSPS) is 11.0. The van der Waals surface area contributed by atoms with Crippen LogP contribution >= 0.6 is 0 Å². The molecule has 0 amide bonds. The maximum atomic E-state index is 9.18. The van der Waals surface area contributed by atoms with Crippen LogP contribution in [-0.4, -0.2) is 10.2 Å². The molecule has 23 heavy (non-hydrogen) atoms. The fourth-order valence-electron chi connectivity index (χ4n) is 1.94. The third-order valence-corrected chi connectivity index (χ3v) is 3.42. The number of aromatic hydroxyl groups is 2. The Balaban J connectivity index is 0.000000403. The van der Waals surface area contributed by atoms with Crippen molar-refractivity contribution in [1.82, 2.24) is 0 Å². The fraction of sp³-hybridized carbons (Fsp3) is 0.400. The van der Waals surface area contributed by atoms with Gasteiger partial charge in [-0.3, -0.25) is 0 Å². The molecule has 0 aliphatic heterocycles. The van der Waals surface area contributed by atoms with Crippen molar-refractivity contribution in [1.29, 1.82) is 0 Å². The molecule has 0 atom stereocenters. The van der Waals surface area contributed by atoms with E-state index in [1.807, 2.05) is 24.3 Å². The van der Waals surface area contributed by atoms with Crippen LogP contribution in [0.3, 0.4) is 0 Å². The van der Waals surface area contributed by atoms with Gasteiger partial charge in [0, 0.05) is 17.4 Å². The summed E-state index contributed by atoms with van der Waals surface area (Å²) in [6, 6.07) is 14.8. The zero-order chi connectivity index (χ0) is 17.0. The van der Waals surface area contributed by atoms with Gasteiger partial charge in [0.1, 0.15) is 11.5 Å². The van der Waals surface area contributed by atoms with Gasteiger partial charge in [0.2, 0.25) is 0 Å². The molecule has 0 aromatic heterocycles. The second-order valence-electron chi connectivity index (χ2n) is 7.60. The smallest absolute Gasteiger partial charge is 0.115 e. The Morgan fingerprint density at radius 1 is 0.609 bits per heavy atom. The van der Waals surface area contributed by atoms with Crippen LogP contribution in [0.4, 0.5) is 0 Å². The van der Waals surface area contributed by atoms with Gasteiger partial charge in [-0.2, -0.15) is 0 Å². The molecule has 2 aromatic carbocycles. The van der Waals surface area contributed by atoms with Crippen LogP contribution < -0.4 is 0 Å². The Kier molecular flexibility index (Phi) is 7.91. The van der Waals surface area contributed by atoms with Crippen molar-refractivity contribution >= 4 is 0 Å². The number of hydrogen-bond acceptors (Lipinski definition) is 2. The number of hydrogen-bond donors (Lipinski definition) is 2. The van der Waals surface area contributed by atoms with Gasteiger partial charge in [-0.1, -0.05) is 65.8 Å². The van der Waals surface area contributed by atoms with Crippen LogP contribution in [0.5, 0.6) is 11.5 Å². The number of benzene rings is 2. The molecule has 0 bridgehead atoms. The summed E-state index contributed by atoms with van der Waals surface area (Å²) in [7, 11) is 0. The molecule has 0 aliphatic rings. The first kappa shape index (κ1) is 21.6. The molecule has 126 valence electrons. The molecule has 0 aliphatic carbocycles. The molecule has 0 radical (unpaired) electrons. The second-order valence-corrected chi connectivity index (χ2v) is 7.60. The Morgan fingerprint density at radius 2 is 0.913 bits per heavy atom. The largest absolute Gasteiger partial charge is 0.508 e. The summed E-state index contributed by atoms with van der Waals surface area (Å²) < 4.78 is 0. The van der Waals surface area contributed by atoms with Gasteiger partial charge in [0.05, 0.1) is 0 Å². The molecular weight excluding hydrogens is 324 g/mol. The van der Waals surface area contributed by atoms with Gasteiger partial charge in [0.15, 0.2) is 0 Å². The van der Waals surface area contributed by atoms with Crippen molar-refractivity contribution in [2.75, 3.05) is 0 Å². The predicted octanol–water partition coefficient (Wildman–Crippen LogP) is 5.38. The van der Waals surface area contributed by atoms with Crippen LogP contribution in [0.1, 0.15) is 52.7 Å². The summed E-state index contributed by atoms with van der Waals surface area (Å²) in [5, 5.41) is 18.4. The van der Waals surface area contributed by atoms with Gasteiger partial charge < -0.3 is 10.2 Å². The molecule has 0 heterocycles. The maximum absolute atomic E-state index is 9.18. The zero-order valence-electron chi connectivity index (χ0n) is 14.9. The van der Waals surface area contributed by atoms with Gasteiger partial charge in [-0.25, -0.2) is 0 Å². The minimum Gasteiger partial charge on any atom is -0.508 e. The van der Waals surface area contributed by atoms with Crippen molar-refractivity contribution in [3.8, 4) is 11.5 Å². The van der Waals surface area contributed by atoms with E-state index in [4.69, 9.17) is 0 Å². The van der Waals surface area contributed by atoms with E-state index in [9.17, 15) is 10.2 Å². The zero-order valence-corrected chi connectivity index (χ0v) is 16.2. The van der Waals surface area contributed by atoms with E-state index >= 15 is 0 Å². The molecule has 0 saturated heterocycles. The van der Waals surface area contributed by atoms with E-state index < -0.39 is 0 Å². The maximum Gasteiger partial charge on any atom is 0.115 e. The van der Waals surface area contributed by atoms with E-state index in [1.54, 1.807) is 24.3 Å². The number of phenolic OH excluding ortho intramolecular Hbond substituents is 2. The summed E-state index contributed by atoms with van der Waals surface area (Å²) >= 11 is 0. The molecule has 3 heteroatoms. The Morgan fingerprint density at radius 3 is 1.09 bits per heavy atom. The quantitative estimate of drug-likeness (QED) is 0.668.